The minimum Gasteiger partial charge on any atom is -0.334 e. The number of amides is 2. The van der Waals surface area contributed by atoms with E-state index in [4.69, 9.17) is 11.6 Å². The van der Waals surface area contributed by atoms with Gasteiger partial charge >= 0.3 is 6.03 Å². The van der Waals surface area contributed by atoms with Crippen LogP contribution in [0.3, 0.4) is 0 Å². The Hall–Kier alpha value is -3.51. The van der Waals surface area contributed by atoms with Gasteiger partial charge in [0, 0.05) is 46.0 Å². The fraction of sp³-hybridized carbons (Fsp3) is 0.0435. The number of carbonyl (C=O) groups is 1. The molecule has 7 heteroatoms. The third-order valence-electron chi connectivity index (χ3n) is 4.62. The molecule has 2 N–H and O–H groups in total. The van der Waals surface area contributed by atoms with Crippen LogP contribution in [0.1, 0.15) is 5.56 Å². The molecule has 0 unspecified atom stereocenters. The molecule has 1 heterocycles. The highest BCUT2D eigenvalue weighted by Crippen LogP contribution is 2.34. The molecule has 30 heavy (non-hydrogen) atoms. The number of nitrogens with one attached hydrogen (secondary N) is 2. The molecular formula is C23H16ClF2N3O. The van der Waals surface area contributed by atoms with Crippen LogP contribution >= 0.6 is 11.6 Å². The number of urea groups is 1. The van der Waals surface area contributed by atoms with Crippen molar-refractivity contribution in [1.29, 1.82) is 0 Å². The molecule has 3 aromatic carbocycles. The lowest BCUT2D eigenvalue weighted by molar-refractivity contribution is 0.251. The zero-order chi connectivity index (χ0) is 21.1. The zero-order valence-corrected chi connectivity index (χ0v) is 16.4. The molecule has 1 aromatic heterocycles. The number of halogens is 3. The average Bonchev–Trinajstić information content (AvgIpc) is 2.74. The van der Waals surface area contributed by atoms with Gasteiger partial charge in [-0.05, 0) is 42.0 Å². The minimum atomic E-state index is -0.714. The van der Waals surface area contributed by atoms with E-state index >= 15 is 0 Å². The number of nitrogens with zero attached hydrogens (tertiary/aromatic N) is 1. The lowest BCUT2D eigenvalue weighted by Crippen LogP contribution is -2.28. The van der Waals surface area contributed by atoms with Crippen LogP contribution in [0, 0.1) is 11.6 Å². The first-order chi connectivity index (χ1) is 14.5. The molecule has 0 aliphatic heterocycles. The van der Waals surface area contributed by atoms with E-state index < -0.39 is 17.7 Å². The lowest BCUT2D eigenvalue weighted by Gasteiger charge is -2.12. The molecule has 150 valence electrons. The van der Waals surface area contributed by atoms with E-state index in [2.05, 4.69) is 15.6 Å². The first kappa shape index (κ1) is 19.8. The summed E-state index contributed by atoms with van der Waals surface area (Å²) in [5, 5.41) is 6.74. The number of aromatic nitrogens is 1. The number of para-hydroxylation sites is 1. The second kappa shape index (κ2) is 8.47. The Labute approximate surface area is 176 Å². The zero-order valence-electron chi connectivity index (χ0n) is 15.6. The molecule has 4 rings (SSSR count). The Balaban J connectivity index is 1.54. The first-order valence-electron chi connectivity index (χ1n) is 9.14. The Morgan fingerprint density at radius 1 is 0.967 bits per heavy atom. The SMILES string of the molecule is O=C(NCc1ccc(F)cc1F)Nc1ccc(Cl)c(-c2ccnc3ccccc23)c1. The molecule has 0 atom stereocenters. The van der Waals surface area contributed by atoms with Gasteiger partial charge in [-0.3, -0.25) is 4.98 Å². The van der Waals surface area contributed by atoms with Gasteiger partial charge in [0.25, 0.3) is 0 Å². The number of fused-ring (bicyclic) bond motifs is 1. The van der Waals surface area contributed by atoms with Gasteiger partial charge in [0.1, 0.15) is 11.6 Å². The Bertz CT molecular complexity index is 1240. The van der Waals surface area contributed by atoms with Crippen LogP contribution in [0.4, 0.5) is 19.3 Å². The van der Waals surface area contributed by atoms with Gasteiger partial charge in [-0.25, -0.2) is 13.6 Å². The van der Waals surface area contributed by atoms with Crippen LogP contribution in [-0.2, 0) is 6.54 Å². The van der Waals surface area contributed by atoms with Crippen molar-refractivity contribution in [2.75, 3.05) is 5.32 Å². The van der Waals surface area contributed by atoms with E-state index in [1.165, 1.54) is 6.07 Å². The van der Waals surface area contributed by atoms with Crippen molar-refractivity contribution in [3.8, 4) is 11.1 Å². The summed E-state index contributed by atoms with van der Waals surface area (Å²) in [6, 6.07) is 17.4. The van der Waals surface area contributed by atoms with Gasteiger partial charge in [-0.1, -0.05) is 35.9 Å². The van der Waals surface area contributed by atoms with Crippen LogP contribution in [0.15, 0.2) is 72.9 Å². The fourth-order valence-electron chi connectivity index (χ4n) is 3.16. The van der Waals surface area contributed by atoms with Crippen LogP contribution < -0.4 is 10.6 Å². The molecule has 0 saturated heterocycles. The van der Waals surface area contributed by atoms with E-state index in [0.29, 0.717) is 10.7 Å². The highest BCUT2D eigenvalue weighted by Gasteiger charge is 2.11. The molecule has 0 bridgehead atoms. The van der Waals surface area contributed by atoms with E-state index in [0.717, 1.165) is 34.2 Å². The number of rotatable bonds is 4. The van der Waals surface area contributed by atoms with Crippen LogP contribution in [-0.4, -0.2) is 11.0 Å². The van der Waals surface area contributed by atoms with Gasteiger partial charge < -0.3 is 10.6 Å². The monoisotopic (exact) mass is 423 g/mol. The molecule has 0 aliphatic rings. The maximum Gasteiger partial charge on any atom is 0.319 e. The molecule has 4 aromatic rings. The van der Waals surface area contributed by atoms with Crippen molar-refractivity contribution >= 4 is 34.2 Å². The smallest absolute Gasteiger partial charge is 0.319 e. The third kappa shape index (κ3) is 4.23. The van der Waals surface area contributed by atoms with Crippen LogP contribution in [0.25, 0.3) is 22.0 Å². The summed E-state index contributed by atoms with van der Waals surface area (Å²) >= 11 is 6.42. The van der Waals surface area contributed by atoms with Gasteiger partial charge in [0.05, 0.1) is 5.52 Å². The summed E-state index contributed by atoms with van der Waals surface area (Å²) < 4.78 is 26.7. The Morgan fingerprint density at radius 2 is 1.80 bits per heavy atom. The van der Waals surface area contributed by atoms with Crippen molar-refractivity contribution < 1.29 is 13.6 Å². The first-order valence-corrected chi connectivity index (χ1v) is 9.51. The molecule has 0 radical (unpaired) electrons. The number of anilines is 1. The maximum absolute atomic E-state index is 13.7. The third-order valence-corrected chi connectivity index (χ3v) is 4.95. The fourth-order valence-corrected chi connectivity index (χ4v) is 3.38. The summed E-state index contributed by atoms with van der Waals surface area (Å²) in [5.74, 6) is -1.38. The van der Waals surface area contributed by atoms with Gasteiger partial charge in [-0.15, -0.1) is 0 Å². The van der Waals surface area contributed by atoms with Crippen molar-refractivity contribution in [3.63, 3.8) is 0 Å². The highest BCUT2D eigenvalue weighted by atomic mass is 35.5. The van der Waals surface area contributed by atoms with Crippen molar-refractivity contribution in [3.05, 3.63) is 95.1 Å². The number of hydrogen-bond donors (Lipinski definition) is 2. The molecule has 2 amide bonds. The van der Waals surface area contributed by atoms with Gasteiger partial charge in [0.15, 0.2) is 0 Å². The lowest BCUT2D eigenvalue weighted by atomic mass is 10.0. The highest BCUT2D eigenvalue weighted by molar-refractivity contribution is 6.34. The van der Waals surface area contributed by atoms with E-state index in [-0.39, 0.29) is 12.1 Å². The Kier molecular flexibility index (Phi) is 5.59. The van der Waals surface area contributed by atoms with Crippen molar-refractivity contribution in [2.24, 2.45) is 0 Å². The molecule has 4 nitrogen and oxygen atoms in total. The second-order valence-electron chi connectivity index (χ2n) is 6.61. The van der Waals surface area contributed by atoms with E-state index in [1.54, 1.807) is 24.4 Å². The largest absolute Gasteiger partial charge is 0.334 e. The summed E-state index contributed by atoms with van der Waals surface area (Å²) in [6.45, 7) is -0.0760. The van der Waals surface area contributed by atoms with Crippen LogP contribution in [0.2, 0.25) is 5.02 Å². The molecule has 0 fully saturated rings. The number of benzene rings is 3. The predicted molar refractivity (Wildman–Crippen MR) is 114 cm³/mol. The van der Waals surface area contributed by atoms with Gasteiger partial charge in [-0.2, -0.15) is 0 Å². The standard InChI is InChI=1S/C23H16ClF2N3O/c24-20-8-7-16(29-23(30)28-13-14-5-6-15(25)11-21(14)26)12-19(20)17-9-10-27-22-4-2-1-3-18(17)22/h1-12H,13H2,(H2,28,29,30). The Morgan fingerprint density at radius 3 is 2.63 bits per heavy atom. The number of pyridine rings is 1. The van der Waals surface area contributed by atoms with E-state index in [9.17, 15) is 13.6 Å². The summed E-state index contributed by atoms with van der Waals surface area (Å²) in [4.78, 5) is 16.6. The molecule has 0 aliphatic carbocycles. The summed E-state index contributed by atoms with van der Waals surface area (Å²) in [5.41, 5.74) is 3.18. The molecule has 0 saturated carbocycles. The maximum atomic E-state index is 13.7. The summed E-state index contributed by atoms with van der Waals surface area (Å²) in [7, 11) is 0. The van der Waals surface area contributed by atoms with E-state index in [1.807, 2.05) is 30.3 Å². The second-order valence-corrected chi connectivity index (χ2v) is 7.02. The average molecular weight is 424 g/mol. The van der Waals surface area contributed by atoms with Crippen LogP contribution in [0.5, 0.6) is 0 Å². The minimum absolute atomic E-state index is 0.0760. The van der Waals surface area contributed by atoms with Crippen molar-refractivity contribution in [2.45, 2.75) is 6.54 Å². The summed E-state index contributed by atoms with van der Waals surface area (Å²) in [6.07, 6.45) is 1.71. The quantitative estimate of drug-likeness (QED) is 0.413. The van der Waals surface area contributed by atoms with Crippen molar-refractivity contribution in [1.82, 2.24) is 10.3 Å². The number of hydrogen-bond acceptors (Lipinski definition) is 2. The normalized spacial score (nSPS) is 10.8. The molecule has 0 spiro atoms. The predicted octanol–water partition coefficient (Wildman–Crippen LogP) is 6.16. The number of carbonyl (C=O) groups excluding carboxylic acids is 1. The van der Waals surface area contributed by atoms with Gasteiger partial charge in [0.2, 0.25) is 0 Å². The molecular weight excluding hydrogens is 408 g/mol. The topological polar surface area (TPSA) is 54.0 Å².